The maximum Gasteiger partial charge on any atom is 0.271 e. The van der Waals surface area contributed by atoms with Crippen LogP contribution in [0.25, 0.3) is 0 Å². The van der Waals surface area contributed by atoms with Gasteiger partial charge in [0.1, 0.15) is 6.61 Å². The van der Waals surface area contributed by atoms with Gasteiger partial charge in [-0.15, -0.1) is 6.58 Å². The summed E-state index contributed by atoms with van der Waals surface area (Å²) in [6.45, 7) is 4.35. The second-order valence-electron chi connectivity index (χ2n) is 4.94. The number of amides is 1. The normalized spacial score (nSPS) is 15.9. The zero-order valence-electron chi connectivity index (χ0n) is 12.1. The highest BCUT2D eigenvalue weighted by molar-refractivity contribution is 5.97. The molecule has 0 N–H and O–H groups in total. The van der Waals surface area contributed by atoms with Crippen LogP contribution in [0.5, 0.6) is 11.5 Å². The third kappa shape index (κ3) is 2.81. The van der Waals surface area contributed by atoms with Crippen molar-refractivity contribution in [2.45, 2.75) is 6.10 Å². The van der Waals surface area contributed by atoms with Crippen LogP contribution in [0, 0.1) is 0 Å². The predicted octanol–water partition coefficient (Wildman–Crippen LogP) is 3.05. The molecule has 1 aliphatic heterocycles. The molecule has 0 radical (unpaired) electrons. The minimum absolute atomic E-state index is 0.138. The molecule has 1 heterocycles. The van der Waals surface area contributed by atoms with Crippen LogP contribution >= 0.6 is 0 Å². The Bertz CT molecular complexity index is 669. The molecule has 1 unspecified atom stereocenters. The molecule has 0 fully saturated rings. The quantitative estimate of drug-likeness (QED) is 0.814. The molecule has 0 aromatic heterocycles. The van der Waals surface area contributed by atoms with E-state index in [2.05, 4.69) is 6.58 Å². The molecule has 0 bridgehead atoms. The Labute approximate surface area is 129 Å². The Morgan fingerprint density at radius 3 is 2.55 bits per heavy atom. The van der Waals surface area contributed by atoms with Crippen LogP contribution in [0.15, 0.2) is 67.3 Å². The average molecular weight is 295 g/mol. The van der Waals surface area contributed by atoms with Gasteiger partial charge in [0, 0.05) is 12.2 Å². The molecule has 3 rings (SSSR count). The third-order valence-electron chi connectivity index (χ3n) is 3.43. The molecule has 2 aromatic carbocycles. The van der Waals surface area contributed by atoms with Gasteiger partial charge >= 0.3 is 0 Å². The van der Waals surface area contributed by atoms with E-state index < -0.39 is 6.10 Å². The minimum atomic E-state index is -0.657. The van der Waals surface area contributed by atoms with Gasteiger partial charge in [0.25, 0.3) is 5.91 Å². The van der Waals surface area contributed by atoms with E-state index in [1.54, 1.807) is 17.0 Å². The number of rotatable bonds is 4. The van der Waals surface area contributed by atoms with E-state index in [1.807, 2.05) is 48.5 Å². The van der Waals surface area contributed by atoms with Crippen molar-refractivity contribution >= 4 is 11.6 Å². The summed E-state index contributed by atoms with van der Waals surface area (Å²) >= 11 is 0. The minimum Gasteiger partial charge on any atom is -0.485 e. The fourth-order valence-corrected chi connectivity index (χ4v) is 2.37. The lowest BCUT2D eigenvalue weighted by Crippen LogP contribution is -2.46. The largest absolute Gasteiger partial charge is 0.485 e. The van der Waals surface area contributed by atoms with E-state index in [0.29, 0.717) is 18.0 Å². The number of hydrogen-bond acceptors (Lipinski definition) is 3. The van der Waals surface area contributed by atoms with E-state index in [1.165, 1.54) is 0 Å². The maximum atomic E-state index is 12.8. The Kier molecular flexibility index (Phi) is 4.10. The number of carbonyl (C=O) groups is 1. The lowest BCUT2D eigenvalue weighted by molar-refractivity contribution is -0.127. The van der Waals surface area contributed by atoms with Crippen LogP contribution in [0.4, 0.5) is 5.69 Å². The lowest BCUT2D eigenvalue weighted by atomic mass is 10.2. The van der Waals surface area contributed by atoms with Gasteiger partial charge in [-0.2, -0.15) is 0 Å². The molecule has 112 valence electrons. The monoisotopic (exact) mass is 295 g/mol. The third-order valence-corrected chi connectivity index (χ3v) is 3.43. The highest BCUT2D eigenvalue weighted by atomic mass is 16.6. The first kappa shape index (κ1) is 14.2. The number of anilines is 1. The number of nitrogens with zero attached hydrogens (tertiary/aromatic N) is 1. The van der Waals surface area contributed by atoms with E-state index in [4.69, 9.17) is 9.47 Å². The molecule has 0 saturated heterocycles. The molecule has 0 spiro atoms. The SMILES string of the molecule is C=CCN(C(=O)C1COc2ccccc2O1)c1ccccc1. The standard InChI is InChI=1S/C18H17NO3/c1-2-12-19(14-8-4-3-5-9-14)18(20)17-13-21-15-10-6-7-11-16(15)22-17/h2-11,17H,1,12-13H2. The Morgan fingerprint density at radius 1 is 1.14 bits per heavy atom. The van der Waals surface area contributed by atoms with Gasteiger partial charge in [-0.1, -0.05) is 36.4 Å². The maximum absolute atomic E-state index is 12.8. The number of hydrogen-bond donors (Lipinski definition) is 0. The number of carbonyl (C=O) groups excluding carboxylic acids is 1. The van der Waals surface area contributed by atoms with Crippen molar-refractivity contribution in [1.82, 2.24) is 0 Å². The van der Waals surface area contributed by atoms with E-state index >= 15 is 0 Å². The Hall–Kier alpha value is -2.75. The van der Waals surface area contributed by atoms with Crippen molar-refractivity contribution in [3.05, 3.63) is 67.3 Å². The molecule has 4 heteroatoms. The predicted molar refractivity (Wildman–Crippen MR) is 85.3 cm³/mol. The second kappa shape index (κ2) is 6.35. The van der Waals surface area contributed by atoms with Crippen molar-refractivity contribution in [1.29, 1.82) is 0 Å². The van der Waals surface area contributed by atoms with Crippen molar-refractivity contribution in [2.24, 2.45) is 0 Å². The van der Waals surface area contributed by atoms with E-state index in [9.17, 15) is 4.79 Å². The molecule has 1 atom stereocenters. The summed E-state index contributed by atoms with van der Waals surface area (Å²) in [6.07, 6.45) is 1.04. The fourth-order valence-electron chi connectivity index (χ4n) is 2.37. The molecule has 0 aliphatic carbocycles. The van der Waals surface area contributed by atoms with Crippen molar-refractivity contribution in [3.8, 4) is 11.5 Å². The molecular formula is C18H17NO3. The van der Waals surface area contributed by atoms with Crippen LogP contribution < -0.4 is 14.4 Å². The highest BCUT2D eigenvalue weighted by Gasteiger charge is 2.31. The fraction of sp³-hybridized carbons (Fsp3) is 0.167. The smallest absolute Gasteiger partial charge is 0.271 e. The van der Waals surface area contributed by atoms with Crippen molar-refractivity contribution < 1.29 is 14.3 Å². The van der Waals surface area contributed by atoms with Crippen LogP contribution in [-0.2, 0) is 4.79 Å². The molecule has 0 saturated carbocycles. The Balaban J connectivity index is 1.81. The van der Waals surface area contributed by atoms with Gasteiger partial charge in [-0.05, 0) is 24.3 Å². The number of ether oxygens (including phenoxy) is 2. The number of benzene rings is 2. The molecule has 22 heavy (non-hydrogen) atoms. The zero-order valence-corrected chi connectivity index (χ0v) is 12.1. The van der Waals surface area contributed by atoms with Crippen LogP contribution in [0.3, 0.4) is 0 Å². The summed E-state index contributed by atoms with van der Waals surface area (Å²) in [5.74, 6) is 1.13. The van der Waals surface area contributed by atoms with Crippen LogP contribution in [-0.4, -0.2) is 25.2 Å². The topological polar surface area (TPSA) is 38.8 Å². The first-order valence-corrected chi connectivity index (χ1v) is 7.15. The van der Waals surface area contributed by atoms with E-state index in [-0.39, 0.29) is 12.5 Å². The van der Waals surface area contributed by atoms with Gasteiger partial charge in [0.05, 0.1) is 0 Å². The van der Waals surface area contributed by atoms with Gasteiger partial charge in [0.15, 0.2) is 11.5 Å². The molecular weight excluding hydrogens is 278 g/mol. The lowest BCUT2D eigenvalue weighted by Gasteiger charge is -2.30. The van der Waals surface area contributed by atoms with Gasteiger partial charge < -0.3 is 14.4 Å². The zero-order chi connectivity index (χ0) is 15.4. The van der Waals surface area contributed by atoms with Gasteiger partial charge in [-0.3, -0.25) is 4.79 Å². The molecule has 4 nitrogen and oxygen atoms in total. The average Bonchev–Trinajstić information content (AvgIpc) is 2.59. The summed E-state index contributed by atoms with van der Waals surface area (Å²) in [6, 6.07) is 16.8. The van der Waals surface area contributed by atoms with Crippen molar-refractivity contribution in [2.75, 3.05) is 18.1 Å². The Morgan fingerprint density at radius 2 is 1.82 bits per heavy atom. The van der Waals surface area contributed by atoms with E-state index in [0.717, 1.165) is 5.69 Å². The summed E-state index contributed by atoms with van der Waals surface area (Å²) in [4.78, 5) is 14.4. The number of para-hydroxylation sites is 3. The van der Waals surface area contributed by atoms with Gasteiger partial charge in [0.2, 0.25) is 6.10 Å². The summed E-state index contributed by atoms with van der Waals surface area (Å²) in [5.41, 5.74) is 0.815. The molecule has 1 aliphatic rings. The first-order valence-electron chi connectivity index (χ1n) is 7.15. The first-order chi connectivity index (χ1) is 10.8. The molecule has 2 aromatic rings. The summed E-state index contributed by atoms with van der Waals surface area (Å²) in [7, 11) is 0. The second-order valence-corrected chi connectivity index (χ2v) is 4.94. The van der Waals surface area contributed by atoms with Gasteiger partial charge in [-0.25, -0.2) is 0 Å². The van der Waals surface area contributed by atoms with Crippen molar-refractivity contribution in [3.63, 3.8) is 0 Å². The summed E-state index contributed by atoms with van der Waals surface area (Å²) < 4.78 is 11.4. The number of fused-ring (bicyclic) bond motifs is 1. The molecule has 1 amide bonds. The van der Waals surface area contributed by atoms with Crippen LogP contribution in [0.2, 0.25) is 0 Å². The van der Waals surface area contributed by atoms with Crippen LogP contribution in [0.1, 0.15) is 0 Å². The highest BCUT2D eigenvalue weighted by Crippen LogP contribution is 2.31. The summed E-state index contributed by atoms with van der Waals surface area (Å²) in [5, 5.41) is 0.